The van der Waals surface area contributed by atoms with E-state index in [-0.39, 0.29) is 23.9 Å². The number of nitrogens with zero attached hydrogens (tertiary/aromatic N) is 2. The summed E-state index contributed by atoms with van der Waals surface area (Å²) in [5, 5.41) is 1.79. The van der Waals surface area contributed by atoms with Crippen LogP contribution in [0.4, 0.5) is 14.6 Å². The van der Waals surface area contributed by atoms with Crippen LogP contribution in [-0.2, 0) is 4.43 Å². The van der Waals surface area contributed by atoms with Gasteiger partial charge in [-0.15, -0.1) is 0 Å². The van der Waals surface area contributed by atoms with Gasteiger partial charge in [0.1, 0.15) is 5.82 Å². The predicted molar refractivity (Wildman–Crippen MR) is 133 cm³/mol. The molecule has 5 nitrogen and oxygen atoms in total. The summed E-state index contributed by atoms with van der Waals surface area (Å²) in [6.07, 6.45) is 1.17. The second-order valence-electron chi connectivity index (χ2n) is 10.1. The molecule has 3 aromatic rings. The first-order valence-electron chi connectivity index (χ1n) is 11.5. The summed E-state index contributed by atoms with van der Waals surface area (Å²) in [4.78, 5) is 16.0. The molecule has 2 atom stereocenters. The number of aromatic nitrogens is 2. The lowest BCUT2D eigenvalue weighted by atomic mass is 10.1. The molecule has 0 aliphatic heterocycles. The van der Waals surface area contributed by atoms with E-state index in [4.69, 9.17) is 10.2 Å². The van der Waals surface area contributed by atoms with Gasteiger partial charge in [-0.1, -0.05) is 81.4 Å². The summed E-state index contributed by atoms with van der Waals surface area (Å²) >= 11 is 0. The van der Waals surface area contributed by atoms with E-state index < -0.39 is 38.3 Å². The fraction of sp³-hybridized carbons (Fsp3) is 0.385. The predicted octanol–water partition coefficient (Wildman–Crippen LogP) is 3.99. The number of anilines is 1. The number of halogens is 2. The number of alkyl halides is 2. The van der Waals surface area contributed by atoms with Crippen molar-refractivity contribution in [3.63, 3.8) is 0 Å². The van der Waals surface area contributed by atoms with Gasteiger partial charge in [-0.25, -0.2) is 13.6 Å². The third-order valence-corrected chi connectivity index (χ3v) is 11.8. The third-order valence-electron chi connectivity index (χ3n) is 6.82. The highest BCUT2D eigenvalue weighted by atomic mass is 28.4. The van der Waals surface area contributed by atoms with E-state index in [9.17, 15) is 4.79 Å². The van der Waals surface area contributed by atoms with Crippen LogP contribution < -0.4 is 21.8 Å². The van der Waals surface area contributed by atoms with Crippen molar-refractivity contribution >= 4 is 24.5 Å². The Bertz CT molecular complexity index is 1140. The van der Waals surface area contributed by atoms with Crippen molar-refractivity contribution in [3.8, 4) is 0 Å². The van der Waals surface area contributed by atoms with Crippen LogP contribution in [-0.4, -0.2) is 30.4 Å². The Hall–Kier alpha value is -2.84. The Kier molecular flexibility index (Phi) is 6.48. The second kappa shape index (κ2) is 9.07. The summed E-state index contributed by atoms with van der Waals surface area (Å²) in [5.74, 6) is -3.89. The Morgan fingerprint density at radius 1 is 1.06 bits per heavy atom. The highest BCUT2D eigenvalue weighted by Gasteiger charge is 2.54. The minimum Gasteiger partial charge on any atom is -0.407 e. The van der Waals surface area contributed by atoms with Crippen molar-refractivity contribution in [2.75, 3.05) is 12.3 Å². The van der Waals surface area contributed by atoms with Crippen LogP contribution in [0.3, 0.4) is 0 Å². The number of benzene rings is 2. The van der Waals surface area contributed by atoms with Crippen LogP contribution in [0.15, 0.2) is 77.7 Å². The summed E-state index contributed by atoms with van der Waals surface area (Å²) in [6.45, 7) is 6.27. The summed E-state index contributed by atoms with van der Waals surface area (Å²) in [6, 6.07) is 20.7. The Morgan fingerprint density at radius 2 is 1.62 bits per heavy atom. The maximum absolute atomic E-state index is 15.2. The van der Waals surface area contributed by atoms with Crippen molar-refractivity contribution in [1.29, 1.82) is 0 Å². The average Bonchev–Trinajstić information content (AvgIpc) is 3.08. The van der Waals surface area contributed by atoms with E-state index in [1.807, 2.05) is 60.7 Å². The summed E-state index contributed by atoms with van der Waals surface area (Å²) in [7, 11) is -2.93. The normalized spacial score (nSPS) is 20.4. The van der Waals surface area contributed by atoms with Gasteiger partial charge in [0.2, 0.25) is 0 Å². The molecule has 1 aliphatic rings. The fourth-order valence-corrected chi connectivity index (χ4v) is 9.76. The zero-order valence-corrected chi connectivity index (χ0v) is 20.7. The van der Waals surface area contributed by atoms with E-state index in [1.54, 1.807) is 0 Å². The van der Waals surface area contributed by atoms with E-state index in [1.165, 1.54) is 16.8 Å². The monoisotopic (exact) mass is 483 g/mol. The van der Waals surface area contributed by atoms with Crippen molar-refractivity contribution in [1.82, 2.24) is 9.55 Å². The van der Waals surface area contributed by atoms with Crippen LogP contribution >= 0.6 is 0 Å². The molecule has 2 N–H and O–H groups in total. The van der Waals surface area contributed by atoms with E-state index in [0.29, 0.717) is 0 Å². The Balaban J connectivity index is 1.68. The summed E-state index contributed by atoms with van der Waals surface area (Å²) in [5.41, 5.74) is 4.96. The molecule has 0 saturated heterocycles. The molecule has 0 spiro atoms. The molecule has 180 valence electrons. The Labute approximate surface area is 199 Å². The van der Waals surface area contributed by atoms with Crippen LogP contribution in [0.25, 0.3) is 0 Å². The zero-order chi connectivity index (χ0) is 24.6. The average molecular weight is 484 g/mol. The van der Waals surface area contributed by atoms with Gasteiger partial charge in [-0.2, -0.15) is 4.98 Å². The Morgan fingerprint density at radius 3 is 2.12 bits per heavy atom. The van der Waals surface area contributed by atoms with Gasteiger partial charge in [0.25, 0.3) is 14.2 Å². The van der Waals surface area contributed by atoms with E-state index in [2.05, 4.69) is 25.8 Å². The molecule has 1 heterocycles. The first-order valence-corrected chi connectivity index (χ1v) is 13.4. The highest BCUT2D eigenvalue weighted by molar-refractivity contribution is 6.99. The van der Waals surface area contributed by atoms with Crippen molar-refractivity contribution in [2.24, 2.45) is 5.92 Å². The van der Waals surface area contributed by atoms with Gasteiger partial charge in [0.05, 0.1) is 0 Å². The molecule has 0 unspecified atom stereocenters. The van der Waals surface area contributed by atoms with Crippen LogP contribution in [0.1, 0.15) is 39.7 Å². The van der Waals surface area contributed by atoms with Gasteiger partial charge in [-0.05, 0) is 27.9 Å². The molecular weight excluding hydrogens is 452 g/mol. The van der Waals surface area contributed by atoms with Crippen LogP contribution in [0, 0.1) is 5.92 Å². The molecule has 8 heteroatoms. The zero-order valence-electron chi connectivity index (χ0n) is 19.7. The number of nitrogens with two attached hydrogens (primary N) is 1. The van der Waals surface area contributed by atoms with Gasteiger partial charge in [0.15, 0.2) is 0 Å². The summed E-state index contributed by atoms with van der Waals surface area (Å²) < 4.78 is 38.4. The van der Waals surface area contributed by atoms with Crippen molar-refractivity contribution < 1.29 is 13.2 Å². The topological polar surface area (TPSA) is 70.1 Å². The molecule has 1 aromatic heterocycles. The molecule has 34 heavy (non-hydrogen) atoms. The lowest BCUT2D eigenvalue weighted by Gasteiger charge is -2.43. The third kappa shape index (κ3) is 4.44. The van der Waals surface area contributed by atoms with Gasteiger partial charge in [-0.3, -0.25) is 4.57 Å². The van der Waals surface area contributed by atoms with Crippen molar-refractivity contribution in [2.45, 2.75) is 50.6 Å². The first-order chi connectivity index (χ1) is 16.0. The smallest absolute Gasteiger partial charge is 0.349 e. The minimum absolute atomic E-state index is 0.0811. The molecular formula is C26H31F2N3O2Si. The lowest BCUT2D eigenvalue weighted by molar-refractivity contribution is -0.0529. The minimum atomic E-state index is -2.96. The van der Waals surface area contributed by atoms with Gasteiger partial charge < -0.3 is 10.2 Å². The number of hydrogen-bond donors (Lipinski definition) is 1. The van der Waals surface area contributed by atoms with E-state index >= 15 is 8.78 Å². The van der Waals surface area contributed by atoms with Gasteiger partial charge >= 0.3 is 5.69 Å². The number of rotatable bonds is 6. The van der Waals surface area contributed by atoms with Gasteiger partial charge in [0, 0.05) is 31.2 Å². The standard InChI is InChI=1S/C26H31F2N3O2Si/c1-25(2,3)34(21-10-6-4-7-11-21,22-12-8-5-9-13-22)33-18-19-16-20(17-26(19,27)28)31-15-14-23(29)30-24(31)32/h4-15,19-20H,16-18H2,1-3H3,(H2,29,30,32)/t19-,20-/m0/s1. The van der Waals surface area contributed by atoms with Crippen LogP contribution in [0.5, 0.6) is 0 Å². The number of hydrogen-bond acceptors (Lipinski definition) is 4. The highest BCUT2D eigenvalue weighted by Crippen LogP contribution is 2.47. The largest absolute Gasteiger partial charge is 0.407 e. The SMILES string of the molecule is CC(C)(C)[Si](OC[C@@H]1C[C@H](n2ccc(N)nc2=O)CC1(F)F)(c1ccccc1)c1ccccc1. The van der Waals surface area contributed by atoms with E-state index in [0.717, 1.165) is 10.4 Å². The molecule has 1 fully saturated rings. The molecule has 0 bridgehead atoms. The maximum Gasteiger partial charge on any atom is 0.349 e. The molecule has 1 saturated carbocycles. The van der Waals surface area contributed by atoms with Crippen LogP contribution in [0.2, 0.25) is 5.04 Å². The van der Waals surface area contributed by atoms with Crippen molar-refractivity contribution in [3.05, 3.63) is 83.4 Å². The number of nitrogen functional groups attached to an aromatic ring is 1. The fourth-order valence-electron chi connectivity index (χ4n) is 5.16. The first kappa shape index (κ1) is 24.3. The molecule has 1 aliphatic carbocycles. The molecule has 0 amide bonds. The molecule has 4 rings (SSSR count). The quantitative estimate of drug-likeness (QED) is 0.539. The molecule has 2 aromatic carbocycles. The maximum atomic E-state index is 15.2. The lowest BCUT2D eigenvalue weighted by Crippen LogP contribution is -2.67. The second-order valence-corrected chi connectivity index (χ2v) is 14.4. The molecule has 0 radical (unpaired) electrons.